The van der Waals surface area contributed by atoms with Gasteiger partial charge in [-0.05, 0) is 13.0 Å². The van der Waals surface area contributed by atoms with Crippen molar-refractivity contribution < 1.29 is 9.90 Å². The van der Waals surface area contributed by atoms with Gasteiger partial charge < -0.3 is 10.0 Å². The van der Waals surface area contributed by atoms with Crippen molar-refractivity contribution in [3.63, 3.8) is 0 Å². The molecule has 0 atom stereocenters. The fourth-order valence-corrected chi connectivity index (χ4v) is 1.88. The lowest BCUT2D eigenvalue weighted by molar-refractivity contribution is 0.112. The van der Waals surface area contributed by atoms with E-state index >= 15 is 0 Å². The third-order valence-corrected chi connectivity index (χ3v) is 2.68. The van der Waals surface area contributed by atoms with Crippen molar-refractivity contribution >= 4 is 23.3 Å². The van der Waals surface area contributed by atoms with Gasteiger partial charge in [-0.2, -0.15) is 0 Å². The van der Waals surface area contributed by atoms with Crippen molar-refractivity contribution in [1.82, 2.24) is 0 Å². The van der Waals surface area contributed by atoms with E-state index in [-0.39, 0.29) is 6.61 Å². The van der Waals surface area contributed by atoms with Crippen molar-refractivity contribution in [2.75, 3.05) is 24.6 Å². The number of hydrogen-bond acceptors (Lipinski definition) is 4. The number of aliphatic hydroxyl groups is 1. The lowest BCUT2D eigenvalue weighted by Gasteiger charge is -2.19. The molecule has 72 valence electrons. The Hall–Kier alpha value is -0.870. The molecule has 0 aliphatic heterocycles. The van der Waals surface area contributed by atoms with Crippen LogP contribution in [0.4, 0.5) is 5.69 Å². The van der Waals surface area contributed by atoms with Crippen molar-refractivity contribution in [3.05, 3.63) is 16.3 Å². The quantitative estimate of drug-likeness (QED) is 0.728. The maximum atomic E-state index is 10.4. The summed E-state index contributed by atoms with van der Waals surface area (Å²) in [6.45, 7) is 3.62. The molecule has 13 heavy (non-hydrogen) atoms. The van der Waals surface area contributed by atoms with Crippen LogP contribution in [0.15, 0.2) is 11.4 Å². The smallest absolute Gasteiger partial charge is 0.160 e. The third-order valence-electron chi connectivity index (χ3n) is 1.84. The summed E-state index contributed by atoms with van der Waals surface area (Å²) in [4.78, 5) is 13.2. The number of aldehydes is 1. The molecule has 1 heterocycles. The SMILES string of the molecule is CCN(CCO)c1csc(C=O)c1. The monoisotopic (exact) mass is 199 g/mol. The van der Waals surface area contributed by atoms with E-state index in [1.54, 1.807) is 0 Å². The van der Waals surface area contributed by atoms with Gasteiger partial charge in [0.05, 0.1) is 11.5 Å². The number of carbonyl (C=O) groups excluding carboxylic acids is 1. The molecule has 0 saturated carbocycles. The number of likely N-dealkylation sites (N-methyl/N-ethyl adjacent to an activating group) is 1. The highest BCUT2D eigenvalue weighted by molar-refractivity contribution is 7.12. The summed E-state index contributed by atoms with van der Waals surface area (Å²) in [7, 11) is 0. The number of carbonyl (C=O) groups is 1. The molecular weight excluding hydrogens is 186 g/mol. The maximum Gasteiger partial charge on any atom is 0.160 e. The second kappa shape index (κ2) is 4.99. The molecule has 3 nitrogen and oxygen atoms in total. The molecule has 0 unspecified atom stereocenters. The Balaban J connectivity index is 2.72. The average molecular weight is 199 g/mol. The van der Waals surface area contributed by atoms with Gasteiger partial charge in [-0.15, -0.1) is 11.3 Å². The Morgan fingerprint density at radius 2 is 2.46 bits per heavy atom. The van der Waals surface area contributed by atoms with E-state index in [1.165, 1.54) is 11.3 Å². The molecule has 1 rings (SSSR count). The molecule has 0 spiro atoms. The molecule has 0 fully saturated rings. The highest BCUT2D eigenvalue weighted by Gasteiger charge is 2.05. The largest absolute Gasteiger partial charge is 0.395 e. The van der Waals surface area contributed by atoms with Crippen LogP contribution in [-0.4, -0.2) is 31.1 Å². The zero-order valence-corrected chi connectivity index (χ0v) is 8.38. The van der Waals surface area contributed by atoms with Gasteiger partial charge in [-0.25, -0.2) is 0 Å². The van der Waals surface area contributed by atoms with Gasteiger partial charge in [0.1, 0.15) is 0 Å². The number of anilines is 1. The fourth-order valence-electron chi connectivity index (χ4n) is 1.16. The predicted molar refractivity (Wildman–Crippen MR) is 54.7 cm³/mol. The summed E-state index contributed by atoms with van der Waals surface area (Å²) in [5.41, 5.74) is 1.02. The molecule has 0 aromatic carbocycles. The second-order valence-corrected chi connectivity index (χ2v) is 3.57. The number of hydrogen-bond donors (Lipinski definition) is 1. The molecule has 4 heteroatoms. The van der Waals surface area contributed by atoms with E-state index in [0.717, 1.165) is 23.4 Å². The molecule has 0 aliphatic rings. The Morgan fingerprint density at radius 3 is 2.92 bits per heavy atom. The summed E-state index contributed by atoms with van der Waals surface area (Å²) in [6, 6.07) is 1.84. The Kier molecular flexibility index (Phi) is 3.92. The molecule has 1 aromatic heterocycles. The van der Waals surface area contributed by atoms with Gasteiger partial charge in [0.2, 0.25) is 0 Å². The molecule has 1 N–H and O–H groups in total. The normalized spacial score (nSPS) is 10.0. The maximum absolute atomic E-state index is 10.4. The zero-order chi connectivity index (χ0) is 9.68. The number of rotatable bonds is 5. The van der Waals surface area contributed by atoms with Crippen molar-refractivity contribution in [2.24, 2.45) is 0 Å². The minimum absolute atomic E-state index is 0.139. The first-order valence-corrected chi connectivity index (χ1v) is 5.09. The average Bonchev–Trinajstić information content (AvgIpc) is 2.62. The topological polar surface area (TPSA) is 40.5 Å². The minimum Gasteiger partial charge on any atom is -0.395 e. The predicted octanol–water partition coefficient (Wildman–Crippen LogP) is 1.38. The van der Waals surface area contributed by atoms with E-state index in [2.05, 4.69) is 0 Å². The van der Waals surface area contributed by atoms with Crippen molar-refractivity contribution in [2.45, 2.75) is 6.92 Å². The van der Waals surface area contributed by atoms with Gasteiger partial charge in [-0.3, -0.25) is 4.79 Å². The van der Waals surface area contributed by atoms with Gasteiger partial charge in [0.25, 0.3) is 0 Å². The Morgan fingerprint density at radius 1 is 1.69 bits per heavy atom. The van der Waals surface area contributed by atoms with Crippen LogP contribution < -0.4 is 4.90 Å². The van der Waals surface area contributed by atoms with Crippen LogP contribution in [0, 0.1) is 0 Å². The van der Waals surface area contributed by atoms with E-state index in [1.807, 2.05) is 23.3 Å². The Labute approximate surface area is 81.6 Å². The van der Waals surface area contributed by atoms with Crippen LogP contribution in [0.1, 0.15) is 16.6 Å². The Bertz CT molecular complexity index is 272. The van der Waals surface area contributed by atoms with Gasteiger partial charge in [0.15, 0.2) is 6.29 Å². The van der Waals surface area contributed by atoms with Crippen LogP contribution >= 0.6 is 11.3 Å². The van der Waals surface area contributed by atoms with Crippen molar-refractivity contribution in [1.29, 1.82) is 0 Å². The molecule has 0 amide bonds. The summed E-state index contributed by atoms with van der Waals surface area (Å²) in [6.07, 6.45) is 0.848. The summed E-state index contributed by atoms with van der Waals surface area (Å²) in [5, 5.41) is 10.7. The van der Waals surface area contributed by atoms with E-state index in [0.29, 0.717) is 6.54 Å². The minimum atomic E-state index is 0.139. The lowest BCUT2D eigenvalue weighted by atomic mass is 10.4. The fraction of sp³-hybridized carbons (Fsp3) is 0.444. The van der Waals surface area contributed by atoms with E-state index in [4.69, 9.17) is 5.11 Å². The molecular formula is C9H13NO2S. The van der Waals surface area contributed by atoms with Crippen LogP contribution in [0.3, 0.4) is 0 Å². The first kappa shape index (κ1) is 10.2. The van der Waals surface area contributed by atoms with Gasteiger partial charge in [0, 0.05) is 24.2 Å². The van der Waals surface area contributed by atoms with Gasteiger partial charge in [-0.1, -0.05) is 0 Å². The van der Waals surface area contributed by atoms with Crippen LogP contribution in [0.5, 0.6) is 0 Å². The zero-order valence-electron chi connectivity index (χ0n) is 7.56. The molecule has 0 radical (unpaired) electrons. The first-order valence-electron chi connectivity index (χ1n) is 4.21. The summed E-state index contributed by atoms with van der Waals surface area (Å²) >= 11 is 1.43. The lowest BCUT2D eigenvalue weighted by Crippen LogP contribution is -2.25. The van der Waals surface area contributed by atoms with Gasteiger partial charge >= 0.3 is 0 Å². The van der Waals surface area contributed by atoms with Crippen molar-refractivity contribution in [3.8, 4) is 0 Å². The number of aliphatic hydroxyl groups excluding tert-OH is 1. The number of nitrogens with zero attached hydrogens (tertiary/aromatic N) is 1. The van der Waals surface area contributed by atoms with Crippen LogP contribution in [0.25, 0.3) is 0 Å². The molecule has 0 saturated heterocycles. The molecule has 1 aromatic rings. The number of thiophene rings is 1. The summed E-state index contributed by atoms with van der Waals surface area (Å²) in [5.74, 6) is 0. The highest BCUT2D eigenvalue weighted by atomic mass is 32.1. The third kappa shape index (κ3) is 2.54. The first-order chi connectivity index (χ1) is 6.31. The molecule has 0 bridgehead atoms. The van der Waals surface area contributed by atoms with Crippen LogP contribution in [0.2, 0.25) is 0 Å². The highest BCUT2D eigenvalue weighted by Crippen LogP contribution is 2.21. The summed E-state index contributed by atoms with van der Waals surface area (Å²) < 4.78 is 0. The molecule has 0 aliphatic carbocycles. The van der Waals surface area contributed by atoms with Crippen LogP contribution in [-0.2, 0) is 0 Å². The van der Waals surface area contributed by atoms with E-state index in [9.17, 15) is 4.79 Å². The standard InChI is InChI=1S/C9H13NO2S/c1-2-10(3-4-11)8-5-9(6-12)13-7-8/h5-7,11H,2-4H2,1H3. The van der Waals surface area contributed by atoms with E-state index < -0.39 is 0 Å². The second-order valence-electron chi connectivity index (χ2n) is 2.63.